The Morgan fingerprint density at radius 1 is 1.33 bits per heavy atom. The number of carbonyl (C=O) groups is 1. The summed E-state index contributed by atoms with van der Waals surface area (Å²) in [6.07, 6.45) is 2.78. The molecule has 1 aliphatic rings. The predicted octanol–water partition coefficient (Wildman–Crippen LogP) is -0.0564. The summed E-state index contributed by atoms with van der Waals surface area (Å²) in [5.41, 5.74) is 5.35. The van der Waals surface area contributed by atoms with Crippen LogP contribution in [-0.4, -0.2) is 12.5 Å². The van der Waals surface area contributed by atoms with Gasteiger partial charge in [-0.3, -0.25) is 14.9 Å². The predicted molar refractivity (Wildman–Crippen MR) is 32.5 cm³/mol. The van der Waals surface area contributed by atoms with Crippen LogP contribution >= 0.6 is 0 Å². The molecule has 0 unspecified atom stereocenters. The Bertz CT molecular complexity index is 87.0. The van der Waals surface area contributed by atoms with Gasteiger partial charge in [-0.25, -0.2) is 5.43 Å². The monoisotopic (exact) mass is 134 g/mol. The molecule has 54 valence electrons. The number of hydrazine groups is 1. The molecule has 1 fully saturated rings. The van der Waals surface area contributed by atoms with E-state index >= 15 is 0 Å². The van der Waals surface area contributed by atoms with E-state index in [1.54, 1.807) is 0 Å². The zero-order chi connectivity index (χ0) is 5.82. The van der Waals surface area contributed by atoms with Gasteiger partial charge in [-0.05, 0) is 12.8 Å². The molecule has 1 amide bonds. The van der Waals surface area contributed by atoms with E-state index in [1.807, 2.05) is 0 Å². The number of hydrogen-bond acceptors (Lipinski definition) is 2. The lowest BCUT2D eigenvalue weighted by molar-refractivity contribution is -0.121. The van der Waals surface area contributed by atoms with E-state index in [-0.39, 0.29) is 10.6 Å². The first-order chi connectivity index (χ1) is 3.89. The highest BCUT2D eigenvalue weighted by Gasteiger charge is 2.02. The Morgan fingerprint density at radius 3 is 2.89 bits per heavy atom. The SMILES string of the molecule is F.O=C1CCCCNN1. The average molecular weight is 134 g/mol. The fourth-order valence-corrected chi connectivity index (χ4v) is 0.723. The van der Waals surface area contributed by atoms with Crippen molar-refractivity contribution in [2.75, 3.05) is 6.54 Å². The molecule has 0 aromatic rings. The van der Waals surface area contributed by atoms with Crippen molar-refractivity contribution in [3.05, 3.63) is 0 Å². The standard InChI is InChI=1S/C5H10N2O.FH/c8-5-3-1-2-4-6-7-5;/h6H,1-4H2,(H,7,8);1H. The van der Waals surface area contributed by atoms with Gasteiger partial charge < -0.3 is 0 Å². The van der Waals surface area contributed by atoms with E-state index in [2.05, 4.69) is 10.9 Å². The maximum absolute atomic E-state index is 10.5. The van der Waals surface area contributed by atoms with E-state index in [0.717, 1.165) is 19.4 Å². The molecule has 1 rings (SSSR count). The summed E-state index contributed by atoms with van der Waals surface area (Å²) in [5.74, 6) is 0.113. The Kier molecular flexibility index (Phi) is 3.96. The third-order valence-electron chi connectivity index (χ3n) is 1.18. The van der Waals surface area contributed by atoms with Crippen LogP contribution in [0.1, 0.15) is 19.3 Å². The molecule has 0 aromatic carbocycles. The summed E-state index contributed by atoms with van der Waals surface area (Å²) in [4.78, 5) is 10.5. The van der Waals surface area contributed by atoms with Crippen LogP contribution in [0.2, 0.25) is 0 Å². The topological polar surface area (TPSA) is 41.1 Å². The fourth-order valence-electron chi connectivity index (χ4n) is 0.723. The molecule has 0 spiro atoms. The maximum atomic E-state index is 10.5. The molecule has 0 saturated carbocycles. The molecule has 1 aliphatic heterocycles. The Labute approximate surface area is 53.2 Å². The second-order valence-electron chi connectivity index (χ2n) is 1.93. The van der Waals surface area contributed by atoms with Crippen molar-refractivity contribution < 1.29 is 9.50 Å². The highest BCUT2D eigenvalue weighted by molar-refractivity contribution is 5.75. The first-order valence-corrected chi connectivity index (χ1v) is 2.91. The van der Waals surface area contributed by atoms with Gasteiger partial charge in [-0.2, -0.15) is 0 Å². The lowest BCUT2D eigenvalue weighted by Crippen LogP contribution is -2.35. The van der Waals surface area contributed by atoms with Gasteiger partial charge in [0.15, 0.2) is 0 Å². The van der Waals surface area contributed by atoms with Crippen molar-refractivity contribution in [1.82, 2.24) is 10.9 Å². The molecule has 4 heteroatoms. The molecule has 0 aromatic heterocycles. The van der Waals surface area contributed by atoms with Crippen LogP contribution < -0.4 is 10.9 Å². The van der Waals surface area contributed by atoms with Crippen molar-refractivity contribution >= 4 is 5.91 Å². The van der Waals surface area contributed by atoms with Gasteiger partial charge in [-0.1, -0.05) is 0 Å². The Hall–Kier alpha value is -0.640. The number of hydrogen-bond donors (Lipinski definition) is 2. The van der Waals surface area contributed by atoms with E-state index in [9.17, 15) is 4.79 Å². The Morgan fingerprint density at radius 2 is 2.11 bits per heavy atom. The van der Waals surface area contributed by atoms with E-state index in [4.69, 9.17) is 0 Å². The van der Waals surface area contributed by atoms with Crippen LogP contribution in [0.5, 0.6) is 0 Å². The molecular weight excluding hydrogens is 123 g/mol. The molecule has 0 aliphatic carbocycles. The van der Waals surface area contributed by atoms with Crippen LogP contribution in [-0.2, 0) is 4.79 Å². The van der Waals surface area contributed by atoms with Crippen LogP contribution in [0.4, 0.5) is 4.70 Å². The number of carbonyl (C=O) groups excluding carboxylic acids is 1. The number of rotatable bonds is 0. The highest BCUT2D eigenvalue weighted by Crippen LogP contribution is 1.95. The minimum atomic E-state index is 0. The summed E-state index contributed by atoms with van der Waals surface area (Å²) < 4.78 is 0. The molecule has 0 atom stereocenters. The molecule has 1 saturated heterocycles. The summed E-state index contributed by atoms with van der Waals surface area (Å²) in [6.45, 7) is 0.908. The summed E-state index contributed by atoms with van der Waals surface area (Å²) in [7, 11) is 0. The molecule has 0 radical (unpaired) electrons. The zero-order valence-corrected chi connectivity index (χ0v) is 5.14. The summed E-state index contributed by atoms with van der Waals surface area (Å²) in [6, 6.07) is 0. The average Bonchev–Trinajstić information content (AvgIpc) is 1.94. The van der Waals surface area contributed by atoms with E-state index in [0.29, 0.717) is 6.42 Å². The Balaban J connectivity index is 0.000000640. The number of halogens is 1. The van der Waals surface area contributed by atoms with Gasteiger partial charge in [0.25, 0.3) is 0 Å². The minimum absolute atomic E-state index is 0. The van der Waals surface area contributed by atoms with Crippen molar-refractivity contribution in [2.45, 2.75) is 19.3 Å². The lowest BCUT2D eigenvalue weighted by Gasteiger charge is -1.96. The molecule has 1 heterocycles. The zero-order valence-electron chi connectivity index (χ0n) is 5.14. The van der Waals surface area contributed by atoms with Gasteiger partial charge >= 0.3 is 0 Å². The van der Waals surface area contributed by atoms with Gasteiger partial charge in [0.2, 0.25) is 5.91 Å². The van der Waals surface area contributed by atoms with Crippen molar-refractivity contribution in [2.24, 2.45) is 0 Å². The van der Waals surface area contributed by atoms with Gasteiger partial charge in [-0.15, -0.1) is 0 Å². The molecule has 9 heavy (non-hydrogen) atoms. The quantitative estimate of drug-likeness (QED) is 0.487. The van der Waals surface area contributed by atoms with Gasteiger partial charge in [0, 0.05) is 13.0 Å². The smallest absolute Gasteiger partial charge is 0.234 e. The highest BCUT2D eigenvalue weighted by atomic mass is 19.0. The minimum Gasteiger partial charge on any atom is -0.292 e. The molecule has 2 N–H and O–H groups in total. The summed E-state index contributed by atoms with van der Waals surface area (Å²) >= 11 is 0. The van der Waals surface area contributed by atoms with E-state index < -0.39 is 0 Å². The molecule has 3 nitrogen and oxygen atoms in total. The van der Waals surface area contributed by atoms with Gasteiger partial charge in [0.05, 0.1) is 0 Å². The maximum Gasteiger partial charge on any atom is 0.234 e. The lowest BCUT2D eigenvalue weighted by atomic mass is 10.2. The first kappa shape index (κ1) is 8.36. The third-order valence-corrected chi connectivity index (χ3v) is 1.18. The number of nitrogens with one attached hydrogen (secondary N) is 2. The van der Waals surface area contributed by atoms with Crippen LogP contribution in [0, 0.1) is 0 Å². The van der Waals surface area contributed by atoms with E-state index in [1.165, 1.54) is 0 Å². The second kappa shape index (κ2) is 4.26. The van der Waals surface area contributed by atoms with Crippen LogP contribution in [0.25, 0.3) is 0 Å². The van der Waals surface area contributed by atoms with Crippen molar-refractivity contribution in [3.63, 3.8) is 0 Å². The first-order valence-electron chi connectivity index (χ1n) is 2.91. The van der Waals surface area contributed by atoms with Gasteiger partial charge in [0.1, 0.15) is 0 Å². The fraction of sp³-hybridized carbons (Fsp3) is 0.800. The van der Waals surface area contributed by atoms with Crippen molar-refractivity contribution in [1.29, 1.82) is 0 Å². The molecular formula is C5H11FN2O. The number of amides is 1. The largest absolute Gasteiger partial charge is 0.292 e. The van der Waals surface area contributed by atoms with Crippen LogP contribution in [0.3, 0.4) is 0 Å². The second-order valence-corrected chi connectivity index (χ2v) is 1.93. The normalized spacial score (nSPS) is 19.3. The molecule has 0 bridgehead atoms. The third kappa shape index (κ3) is 3.03. The van der Waals surface area contributed by atoms with Crippen molar-refractivity contribution in [3.8, 4) is 0 Å². The van der Waals surface area contributed by atoms with Crippen LogP contribution in [0.15, 0.2) is 0 Å². The summed E-state index contributed by atoms with van der Waals surface area (Å²) in [5, 5.41) is 0.